The first-order valence-electron chi connectivity index (χ1n) is 6.41. The van der Waals surface area contributed by atoms with Crippen molar-refractivity contribution in [3.8, 4) is 0 Å². The molecule has 0 aliphatic heterocycles. The van der Waals surface area contributed by atoms with E-state index in [-0.39, 0.29) is 11.8 Å². The Morgan fingerprint density at radius 2 is 2.25 bits per heavy atom. The summed E-state index contributed by atoms with van der Waals surface area (Å²) in [6, 6.07) is 4.21. The number of carboxylic acid groups (broad SMARTS) is 1. The van der Waals surface area contributed by atoms with Gasteiger partial charge in [0.1, 0.15) is 0 Å². The number of hydrogen-bond acceptors (Lipinski definition) is 5. The summed E-state index contributed by atoms with van der Waals surface area (Å²) in [6.07, 6.45) is 0.617. The number of aryl methyl sites for hydroxylation is 1. The Morgan fingerprint density at radius 3 is 2.90 bits per heavy atom. The summed E-state index contributed by atoms with van der Waals surface area (Å²) in [4.78, 5) is 16.3. The highest BCUT2D eigenvalue weighted by Crippen LogP contribution is 2.28. The lowest BCUT2D eigenvalue weighted by molar-refractivity contribution is -0.136. The fourth-order valence-corrected chi connectivity index (χ4v) is 3.38. The molecule has 108 valence electrons. The second-order valence-corrected chi connectivity index (χ2v) is 7.06. The average molecular weight is 310 g/mol. The second kappa shape index (κ2) is 6.37. The summed E-state index contributed by atoms with van der Waals surface area (Å²) >= 11 is 3.29. The Bertz CT molecular complexity index is 562. The van der Waals surface area contributed by atoms with Crippen LogP contribution >= 0.6 is 22.7 Å². The minimum absolute atomic E-state index is 0.0566. The molecule has 0 radical (unpaired) electrons. The number of rotatable bonds is 7. The van der Waals surface area contributed by atoms with Crippen LogP contribution in [0.3, 0.4) is 0 Å². The molecule has 0 aliphatic rings. The van der Waals surface area contributed by atoms with Crippen molar-refractivity contribution >= 4 is 33.8 Å². The van der Waals surface area contributed by atoms with Crippen LogP contribution in [0.5, 0.6) is 0 Å². The van der Waals surface area contributed by atoms with E-state index in [1.807, 2.05) is 5.38 Å². The molecule has 2 aromatic heterocycles. The minimum atomic E-state index is -0.786. The Kier molecular flexibility index (Phi) is 4.77. The van der Waals surface area contributed by atoms with E-state index < -0.39 is 5.97 Å². The molecule has 0 unspecified atom stereocenters. The Labute approximate surface area is 126 Å². The summed E-state index contributed by atoms with van der Waals surface area (Å²) in [7, 11) is 0. The Morgan fingerprint density at radius 1 is 1.45 bits per heavy atom. The molecule has 6 heteroatoms. The smallest absolute Gasteiger partial charge is 0.303 e. The largest absolute Gasteiger partial charge is 0.481 e. The van der Waals surface area contributed by atoms with Gasteiger partial charge in [-0.15, -0.1) is 22.7 Å². The Balaban J connectivity index is 1.89. The molecule has 0 bridgehead atoms. The number of thiophene rings is 1. The van der Waals surface area contributed by atoms with Crippen molar-refractivity contribution in [2.75, 3.05) is 11.9 Å². The van der Waals surface area contributed by atoms with E-state index in [9.17, 15) is 4.79 Å². The SMILES string of the molecule is CC(C)(CNc1nc(CCC(=O)O)cs1)c1cccs1. The van der Waals surface area contributed by atoms with Crippen LogP contribution < -0.4 is 5.32 Å². The number of thiazole rings is 1. The fraction of sp³-hybridized carbons (Fsp3) is 0.429. The number of nitrogens with one attached hydrogen (secondary N) is 1. The van der Waals surface area contributed by atoms with Gasteiger partial charge in [-0.25, -0.2) is 4.98 Å². The molecule has 0 aromatic carbocycles. The lowest BCUT2D eigenvalue weighted by atomic mass is 9.91. The van der Waals surface area contributed by atoms with Gasteiger partial charge in [0.05, 0.1) is 12.1 Å². The number of aromatic nitrogens is 1. The maximum absolute atomic E-state index is 10.5. The molecule has 0 atom stereocenters. The van der Waals surface area contributed by atoms with E-state index in [1.54, 1.807) is 11.3 Å². The number of anilines is 1. The lowest BCUT2D eigenvalue weighted by Crippen LogP contribution is -2.26. The molecule has 0 aliphatic carbocycles. The van der Waals surface area contributed by atoms with Gasteiger partial charge in [0.15, 0.2) is 5.13 Å². The lowest BCUT2D eigenvalue weighted by Gasteiger charge is -2.23. The van der Waals surface area contributed by atoms with Crippen LogP contribution in [0.15, 0.2) is 22.9 Å². The summed E-state index contributed by atoms with van der Waals surface area (Å²) < 4.78 is 0. The first kappa shape index (κ1) is 15.0. The van der Waals surface area contributed by atoms with Crippen LogP contribution in [-0.2, 0) is 16.6 Å². The van der Waals surface area contributed by atoms with Crippen LogP contribution in [0.4, 0.5) is 5.13 Å². The van der Waals surface area contributed by atoms with E-state index in [0.29, 0.717) is 6.42 Å². The zero-order valence-electron chi connectivity index (χ0n) is 11.5. The molecular formula is C14H18N2O2S2. The molecule has 2 heterocycles. The average Bonchev–Trinajstić information content (AvgIpc) is 3.06. The number of nitrogens with zero attached hydrogens (tertiary/aromatic N) is 1. The van der Waals surface area contributed by atoms with Gasteiger partial charge in [-0.1, -0.05) is 19.9 Å². The molecule has 20 heavy (non-hydrogen) atoms. The second-order valence-electron chi connectivity index (χ2n) is 5.25. The van der Waals surface area contributed by atoms with Gasteiger partial charge < -0.3 is 10.4 Å². The van der Waals surface area contributed by atoms with Crippen molar-refractivity contribution in [1.29, 1.82) is 0 Å². The Hall–Kier alpha value is -1.40. The van der Waals surface area contributed by atoms with Crippen LogP contribution in [0.2, 0.25) is 0 Å². The predicted molar refractivity (Wildman–Crippen MR) is 83.9 cm³/mol. The van der Waals surface area contributed by atoms with Gasteiger partial charge in [-0.3, -0.25) is 4.79 Å². The molecule has 0 saturated carbocycles. The highest BCUT2D eigenvalue weighted by molar-refractivity contribution is 7.13. The molecule has 4 nitrogen and oxygen atoms in total. The van der Waals surface area contributed by atoms with E-state index in [0.717, 1.165) is 17.4 Å². The molecule has 2 aromatic rings. The van der Waals surface area contributed by atoms with E-state index >= 15 is 0 Å². The zero-order valence-corrected chi connectivity index (χ0v) is 13.2. The first-order chi connectivity index (χ1) is 9.47. The van der Waals surface area contributed by atoms with Crippen LogP contribution in [-0.4, -0.2) is 22.6 Å². The van der Waals surface area contributed by atoms with Crippen molar-refractivity contribution in [2.45, 2.75) is 32.1 Å². The summed E-state index contributed by atoms with van der Waals surface area (Å²) in [5.41, 5.74) is 0.898. The van der Waals surface area contributed by atoms with Crippen LogP contribution in [0.1, 0.15) is 30.8 Å². The van der Waals surface area contributed by atoms with E-state index in [4.69, 9.17) is 5.11 Å². The molecule has 2 rings (SSSR count). The number of aliphatic carboxylic acids is 1. The topological polar surface area (TPSA) is 62.2 Å². The highest BCUT2D eigenvalue weighted by Gasteiger charge is 2.21. The standard InChI is InChI=1S/C14H18N2O2S2/c1-14(2,11-4-3-7-19-11)9-15-13-16-10(8-20-13)5-6-12(17)18/h3-4,7-8H,5-6,9H2,1-2H3,(H,15,16)(H,17,18). The first-order valence-corrected chi connectivity index (χ1v) is 8.17. The van der Waals surface area contributed by atoms with Crippen LogP contribution in [0.25, 0.3) is 0 Å². The van der Waals surface area contributed by atoms with Crippen molar-refractivity contribution in [1.82, 2.24) is 4.98 Å². The highest BCUT2D eigenvalue weighted by atomic mass is 32.1. The predicted octanol–water partition coefficient (Wildman–Crippen LogP) is 3.61. The van der Waals surface area contributed by atoms with Gasteiger partial charge in [0.2, 0.25) is 0 Å². The quantitative estimate of drug-likeness (QED) is 0.820. The normalized spacial score (nSPS) is 11.5. The van der Waals surface area contributed by atoms with Gasteiger partial charge >= 0.3 is 5.97 Å². The number of carbonyl (C=O) groups is 1. The van der Waals surface area contributed by atoms with Gasteiger partial charge in [0, 0.05) is 28.6 Å². The molecule has 0 spiro atoms. The molecule has 0 amide bonds. The van der Waals surface area contributed by atoms with Gasteiger partial charge in [0.25, 0.3) is 0 Å². The number of hydrogen-bond donors (Lipinski definition) is 2. The molecule has 0 fully saturated rings. The number of carboxylic acids is 1. The third-order valence-corrected chi connectivity index (χ3v) is 5.10. The van der Waals surface area contributed by atoms with Crippen molar-refractivity contribution in [3.63, 3.8) is 0 Å². The van der Waals surface area contributed by atoms with E-state index in [2.05, 4.69) is 41.7 Å². The minimum Gasteiger partial charge on any atom is -0.481 e. The summed E-state index contributed by atoms with van der Waals surface area (Å²) in [5, 5.41) is 16.9. The van der Waals surface area contributed by atoms with Crippen molar-refractivity contribution in [2.24, 2.45) is 0 Å². The van der Waals surface area contributed by atoms with Gasteiger partial charge in [-0.05, 0) is 11.4 Å². The van der Waals surface area contributed by atoms with Crippen LogP contribution in [0, 0.1) is 0 Å². The third kappa shape index (κ3) is 4.05. The molecular weight excluding hydrogens is 292 g/mol. The van der Waals surface area contributed by atoms with Crippen molar-refractivity contribution in [3.05, 3.63) is 33.5 Å². The maximum atomic E-state index is 10.5. The van der Waals surface area contributed by atoms with Gasteiger partial charge in [-0.2, -0.15) is 0 Å². The third-order valence-electron chi connectivity index (χ3n) is 3.02. The fourth-order valence-electron chi connectivity index (χ4n) is 1.79. The van der Waals surface area contributed by atoms with Crippen molar-refractivity contribution < 1.29 is 9.90 Å². The zero-order chi connectivity index (χ0) is 14.6. The monoisotopic (exact) mass is 310 g/mol. The van der Waals surface area contributed by atoms with E-state index in [1.165, 1.54) is 16.2 Å². The molecule has 2 N–H and O–H groups in total. The summed E-state index contributed by atoms with van der Waals surface area (Å²) in [5.74, 6) is -0.786. The summed E-state index contributed by atoms with van der Waals surface area (Å²) in [6.45, 7) is 5.20. The molecule has 0 saturated heterocycles. The maximum Gasteiger partial charge on any atom is 0.303 e.